The first-order valence-corrected chi connectivity index (χ1v) is 15.0. The number of fused-ring (bicyclic) bond motifs is 1. The van der Waals surface area contributed by atoms with Crippen molar-refractivity contribution < 1.29 is 24.5 Å². The molecule has 0 bridgehead atoms. The Kier molecular flexibility index (Phi) is 5.96. The molecule has 5 nitrogen and oxygen atoms in total. The molecule has 4 aliphatic rings. The number of carbonyl (C=O) groups is 1. The summed E-state index contributed by atoms with van der Waals surface area (Å²) in [5.41, 5.74) is 3.60. The third kappa shape index (κ3) is 3.36. The quantitative estimate of drug-likeness (QED) is 0.625. The Morgan fingerprint density at radius 3 is 2.35 bits per heavy atom. The molecule has 2 unspecified atom stereocenters. The number of carbonyl (C=O) groups excluding carboxylic acids is 1. The highest BCUT2D eigenvalue weighted by Crippen LogP contribution is 2.64. The summed E-state index contributed by atoms with van der Waals surface area (Å²) in [5, 5.41) is 20.7. The van der Waals surface area contributed by atoms with Gasteiger partial charge in [-0.3, -0.25) is 4.79 Å². The Morgan fingerprint density at radius 1 is 1.10 bits per heavy atom. The fourth-order valence-electron chi connectivity index (χ4n) is 6.93. The summed E-state index contributed by atoms with van der Waals surface area (Å²) in [4.78, 5) is 13.5. The second kappa shape index (κ2) is 7.91. The van der Waals surface area contributed by atoms with E-state index in [0.717, 1.165) is 37.7 Å². The molecule has 4 rings (SSSR count). The van der Waals surface area contributed by atoms with E-state index in [9.17, 15) is 15.0 Å². The lowest BCUT2D eigenvalue weighted by atomic mass is 9.68. The van der Waals surface area contributed by atoms with E-state index in [1.54, 1.807) is 0 Å². The van der Waals surface area contributed by atoms with Gasteiger partial charge >= 0.3 is 0 Å². The average Bonchev–Trinajstić information content (AvgIpc) is 3.30. The number of aliphatic hydroxyl groups excluding tert-OH is 2. The van der Waals surface area contributed by atoms with Crippen molar-refractivity contribution in [1.29, 1.82) is 0 Å². The van der Waals surface area contributed by atoms with Crippen molar-refractivity contribution in [2.24, 2.45) is 11.8 Å². The van der Waals surface area contributed by atoms with E-state index < -0.39 is 18.9 Å². The van der Waals surface area contributed by atoms with Gasteiger partial charge < -0.3 is 19.7 Å². The summed E-state index contributed by atoms with van der Waals surface area (Å²) in [6, 6.07) is 0. The molecule has 0 aromatic carbocycles. The number of ketones is 1. The Balaban J connectivity index is 1.76. The summed E-state index contributed by atoms with van der Waals surface area (Å²) < 4.78 is 11.8. The van der Waals surface area contributed by atoms with E-state index in [0.29, 0.717) is 19.6 Å². The van der Waals surface area contributed by atoms with E-state index in [-0.39, 0.29) is 35.9 Å². The van der Waals surface area contributed by atoms with Gasteiger partial charge in [0.25, 0.3) is 0 Å². The number of hydrogen-bond acceptors (Lipinski definition) is 5. The molecule has 0 amide bonds. The molecule has 2 fully saturated rings. The Bertz CT molecular complexity index is 799. The van der Waals surface area contributed by atoms with Crippen molar-refractivity contribution in [3.8, 4) is 0 Å². The van der Waals surface area contributed by atoms with Crippen molar-refractivity contribution in [2.75, 3.05) is 26.4 Å². The second-order valence-electron chi connectivity index (χ2n) is 11.6. The van der Waals surface area contributed by atoms with Crippen molar-refractivity contribution in [2.45, 2.75) is 88.3 Å². The first-order chi connectivity index (χ1) is 14.5. The molecule has 0 aromatic rings. The Hall–Kier alpha value is -0.793. The normalized spacial score (nSPS) is 33.8. The van der Waals surface area contributed by atoms with E-state index in [4.69, 9.17) is 9.47 Å². The molecule has 0 aromatic heterocycles. The maximum Gasteiger partial charge on any atom is 0.188 e. The van der Waals surface area contributed by atoms with E-state index in [1.165, 1.54) is 11.1 Å². The number of ether oxygens (including phenoxy) is 2. The van der Waals surface area contributed by atoms with Gasteiger partial charge in [-0.05, 0) is 65.4 Å². The van der Waals surface area contributed by atoms with Crippen molar-refractivity contribution in [1.82, 2.24) is 0 Å². The SMILES string of the molecule is CC(C)(C)[Si](C)(C)[C@@]1(CO)C(=O)CCC1C1CCC2=CC3(CCC2=C1CO)OCCO3. The highest BCUT2D eigenvalue weighted by molar-refractivity contribution is 6.86. The van der Waals surface area contributed by atoms with Gasteiger partial charge in [-0.15, -0.1) is 0 Å². The zero-order valence-electron chi connectivity index (χ0n) is 19.9. The molecule has 1 heterocycles. The summed E-state index contributed by atoms with van der Waals surface area (Å²) >= 11 is 0. The highest BCUT2D eigenvalue weighted by atomic mass is 28.3. The van der Waals surface area contributed by atoms with Gasteiger partial charge in [-0.25, -0.2) is 0 Å². The predicted octanol–water partition coefficient (Wildman–Crippen LogP) is 4.37. The first kappa shape index (κ1) is 23.4. The molecule has 3 aliphatic carbocycles. The van der Waals surface area contributed by atoms with E-state index >= 15 is 0 Å². The summed E-state index contributed by atoms with van der Waals surface area (Å²) in [5.74, 6) is -0.0576. The third-order valence-electron chi connectivity index (χ3n) is 9.55. The van der Waals surface area contributed by atoms with Gasteiger partial charge in [0.15, 0.2) is 5.79 Å². The highest BCUT2D eigenvalue weighted by Gasteiger charge is 2.64. The lowest BCUT2D eigenvalue weighted by Gasteiger charge is -2.54. The van der Waals surface area contributed by atoms with Crippen LogP contribution >= 0.6 is 0 Å². The average molecular weight is 449 g/mol. The molecule has 6 heteroatoms. The Labute approximate surface area is 187 Å². The fourth-order valence-corrected chi connectivity index (χ4v) is 10.8. The minimum Gasteiger partial charge on any atom is -0.396 e. The number of allylic oxidation sites excluding steroid dienone is 2. The van der Waals surface area contributed by atoms with Crippen LogP contribution in [0, 0.1) is 11.8 Å². The van der Waals surface area contributed by atoms with Crippen molar-refractivity contribution in [3.05, 3.63) is 22.8 Å². The first-order valence-electron chi connectivity index (χ1n) is 12.0. The van der Waals surface area contributed by atoms with Crippen LogP contribution in [0.4, 0.5) is 0 Å². The molecule has 31 heavy (non-hydrogen) atoms. The van der Waals surface area contributed by atoms with Crippen LogP contribution in [-0.2, 0) is 14.3 Å². The minimum absolute atomic E-state index is 0.00536. The molecule has 1 aliphatic heterocycles. The standard InChI is InChI=1S/C25H40O5Si/c1-23(2,3)31(4,5)25(16-27)21(8-9-22(25)28)19-7-6-17-14-24(29-12-13-30-24)11-10-18(17)20(19)15-26/h14,19,21,26-27H,6-13,15-16H2,1-5H3/t19?,21?,25-/m1/s1. The lowest BCUT2D eigenvalue weighted by molar-refractivity contribution is -0.123. The van der Waals surface area contributed by atoms with Crippen LogP contribution in [-0.4, -0.2) is 56.3 Å². The van der Waals surface area contributed by atoms with Gasteiger partial charge in [-0.1, -0.05) is 33.9 Å². The molecule has 1 saturated heterocycles. The number of aliphatic hydroxyl groups is 2. The molecular formula is C25H40O5Si. The largest absolute Gasteiger partial charge is 0.396 e. The van der Waals surface area contributed by atoms with Gasteiger partial charge in [0.05, 0.1) is 34.5 Å². The smallest absolute Gasteiger partial charge is 0.188 e. The summed E-state index contributed by atoms with van der Waals surface area (Å²) in [6.45, 7) is 12.5. The van der Waals surface area contributed by atoms with Crippen LogP contribution in [0.2, 0.25) is 23.2 Å². The van der Waals surface area contributed by atoms with Crippen LogP contribution in [0.5, 0.6) is 0 Å². The maximum atomic E-state index is 13.5. The van der Waals surface area contributed by atoms with Crippen LogP contribution in [0.1, 0.15) is 59.3 Å². The number of Topliss-reactive ketones (excluding diaryl/α,β-unsaturated/α-hetero) is 1. The van der Waals surface area contributed by atoms with Crippen LogP contribution < -0.4 is 0 Å². The van der Waals surface area contributed by atoms with Crippen LogP contribution in [0.15, 0.2) is 22.8 Å². The van der Waals surface area contributed by atoms with Gasteiger partial charge in [0.2, 0.25) is 0 Å². The zero-order valence-corrected chi connectivity index (χ0v) is 20.9. The second-order valence-corrected chi connectivity index (χ2v) is 17.2. The van der Waals surface area contributed by atoms with E-state index in [2.05, 4.69) is 39.9 Å². The van der Waals surface area contributed by atoms with E-state index in [1.807, 2.05) is 0 Å². The third-order valence-corrected chi connectivity index (χ3v) is 16.3. The minimum atomic E-state index is -2.20. The Morgan fingerprint density at radius 2 is 1.77 bits per heavy atom. The molecule has 174 valence electrons. The zero-order chi connectivity index (χ0) is 22.7. The summed E-state index contributed by atoms with van der Waals surface area (Å²) in [6.07, 6.45) is 6.97. The van der Waals surface area contributed by atoms with Gasteiger partial charge in [-0.2, -0.15) is 0 Å². The maximum absolute atomic E-state index is 13.5. The van der Waals surface area contributed by atoms with Crippen molar-refractivity contribution >= 4 is 13.9 Å². The summed E-state index contributed by atoms with van der Waals surface area (Å²) in [7, 11) is -2.20. The number of hydrogen-bond donors (Lipinski definition) is 2. The molecule has 3 atom stereocenters. The monoisotopic (exact) mass is 448 g/mol. The number of rotatable bonds is 4. The molecule has 1 saturated carbocycles. The van der Waals surface area contributed by atoms with Gasteiger partial charge in [0.1, 0.15) is 5.78 Å². The predicted molar refractivity (Wildman–Crippen MR) is 123 cm³/mol. The van der Waals surface area contributed by atoms with Crippen LogP contribution in [0.25, 0.3) is 0 Å². The lowest BCUT2D eigenvalue weighted by Crippen LogP contribution is -2.57. The molecule has 1 spiro atoms. The van der Waals surface area contributed by atoms with Gasteiger partial charge in [0, 0.05) is 17.9 Å². The van der Waals surface area contributed by atoms with Crippen molar-refractivity contribution in [3.63, 3.8) is 0 Å². The van der Waals surface area contributed by atoms with Crippen LogP contribution in [0.3, 0.4) is 0 Å². The molecule has 2 N–H and O–H groups in total. The fraction of sp³-hybridized carbons (Fsp3) is 0.800. The topological polar surface area (TPSA) is 76.0 Å². The molecular weight excluding hydrogens is 408 g/mol. The molecule has 0 radical (unpaired) electrons.